The van der Waals surface area contributed by atoms with Crippen molar-refractivity contribution < 1.29 is 4.79 Å². The van der Waals surface area contributed by atoms with Gasteiger partial charge in [0.15, 0.2) is 0 Å². The molecule has 0 aromatic carbocycles. The predicted octanol–water partition coefficient (Wildman–Crippen LogP) is 1.59. The molecule has 1 aromatic rings. The lowest BCUT2D eigenvalue weighted by Crippen LogP contribution is -2.47. The smallest absolute Gasteiger partial charge is 0.233 e. The molecule has 0 N–H and O–H groups in total. The van der Waals surface area contributed by atoms with Crippen molar-refractivity contribution in [1.29, 1.82) is 5.26 Å². The molecule has 7 heteroatoms. The fourth-order valence-corrected chi connectivity index (χ4v) is 4.36. The SMILES string of the molecule is CCCN1CCc2nc(SCC(=O)N3CCN(C)CC3)c(C#N)cc2C1. The number of carbonyl (C=O) groups excluding carboxylic acids is 1. The van der Waals surface area contributed by atoms with Crippen LogP contribution in [-0.2, 0) is 17.8 Å². The van der Waals surface area contributed by atoms with Crippen molar-refractivity contribution in [3.05, 3.63) is 22.9 Å². The van der Waals surface area contributed by atoms with Crippen molar-refractivity contribution in [2.45, 2.75) is 31.3 Å². The van der Waals surface area contributed by atoms with E-state index in [1.807, 2.05) is 11.0 Å². The summed E-state index contributed by atoms with van der Waals surface area (Å²) in [4.78, 5) is 23.8. The van der Waals surface area contributed by atoms with Gasteiger partial charge in [0.1, 0.15) is 11.1 Å². The number of carbonyl (C=O) groups is 1. The summed E-state index contributed by atoms with van der Waals surface area (Å²) in [7, 11) is 2.08. The molecule has 1 saturated heterocycles. The van der Waals surface area contributed by atoms with Crippen molar-refractivity contribution in [3.8, 4) is 6.07 Å². The highest BCUT2D eigenvalue weighted by molar-refractivity contribution is 7.99. The molecular formula is C19H27N5OS. The number of rotatable bonds is 5. The van der Waals surface area contributed by atoms with E-state index in [2.05, 4.69) is 29.8 Å². The normalized spacial score (nSPS) is 18.4. The van der Waals surface area contributed by atoms with Crippen LogP contribution in [0.4, 0.5) is 0 Å². The zero-order chi connectivity index (χ0) is 18.5. The summed E-state index contributed by atoms with van der Waals surface area (Å²) in [5.74, 6) is 0.493. The first-order chi connectivity index (χ1) is 12.6. The van der Waals surface area contributed by atoms with E-state index in [1.54, 1.807) is 0 Å². The van der Waals surface area contributed by atoms with Gasteiger partial charge in [0, 0.05) is 51.4 Å². The number of nitriles is 1. The number of aromatic nitrogens is 1. The van der Waals surface area contributed by atoms with Crippen molar-refractivity contribution in [2.75, 3.05) is 52.1 Å². The molecule has 140 valence electrons. The fourth-order valence-electron chi connectivity index (χ4n) is 3.49. The molecule has 0 spiro atoms. The molecule has 3 rings (SSSR count). The first-order valence-electron chi connectivity index (χ1n) is 9.35. The lowest BCUT2D eigenvalue weighted by Gasteiger charge is -2.32. The number of fused-ring (bicyclic) bond motifs is 1. The molecule has 26 heavy (non-hydrogen) atoms. The predicted molar refractivity (Wildman–Crippen MR) is 103 cm³/mol. The lowest BCUT2D eigenvalue weighted by atomic mass is 10.0. The summed E-state index contributed by atoms with van der Waals surface area (Å²) < 4.78 is 0. The minimum atomic E-state index is 0.139. The standard InChI is InChI=1S/C19H27N5OS/c1-3-5-23-6-4-17-16(13-23)11-15(12-20)19(21-17)26-14-18(25)24-9-7-22(2)8-10-24/h11H,3-10,13-14H2,1-2H3. The Balaban J connectivity index is 1.65. The van der Waals surface area contributed by atoms with Gasteiger partial charge in [0.05, 0.1) is 11.3 Å². The number of piperazine rings is 1. The van der Waals surface area contributed by atoms with Crippen LogP contribution in [0.2, 0.25) is 0 Å². The molecule has 0 saturated carbocycles. The number of likely N-dealkylation sites (N-methyl/N-ethyl adjacent to an activating group) is 1. The maximum atomic E-state index is 12.5. The summed E-state index contributed by atoms with van der Waals surface area (Å²) >= 11 is 1.41. The summed E-state index contributed by atoms with van der Waals surface area (Å²) in [6.45, 7) is 8.57. The topological polar surface area (TPSA) is 63.5 Å². The minimum absolute atomic E-state index is 0.139. The Morgan fingerprint density at radius 2 is 2.08 bits per heavy atom. The molecule has 0 bridgehead atoms. The van der Waals surface area contributed by atoms with Gasteiger partial charge in [-0.3, -0.25) is 9.69 Å². The monoisotopic (exact) mass is 373 g/mol. The van der Waals surface area contributed by atoms with Crippen LogP contribution in [0.1, 0.15) is 30.2 Å². The number of pyridine rings is 1. The first kappa shape index (κ1) is 19.2. The van der Waals surface area contributed by atoms with E-state index in [9.17, 15) is 10.1 Å². The Morgan fingerprint density at radius 3 is 2.77 bits per heavy atom. The Bertz CT molecular complexity index is 694. The first-order valence-corrected chi connectivity index (χ1v) is 10.3. The second kappa shape index (κ2) is 8.85. The Morgan fingerprint density at radius 1 is 1.31 bits per heavy atom. The van der Waals surface area contributed by atoms with Crippen LogP contribution in [0, 0.1) is 11.3 Å². The third kappa shape index (κ3) is 4.56. The van der Waals surface area contributed by atoms with E-state index in [-0.39, 0.29) is 5.91 Å². The summed E-state index contributed by atoms with van der Waals surface area (Å²) in [5, 5.41) is 10.2. The molecule has 1 aromatic heterocycles. The van der Waals surface area contributed by atoms with E-state index in [0.29, 0.717) is 16.3 Å². The highest BCUT2D eigenvalue weighted by atomic mass is 32.2. The molecule has 0 unspecified atom stereocenters. The van der Waals surface area contributed by atoms with E-state index in [1.165, 1.54) is 11.8 Å². The van der Waals surface area contributed by atoms with E-state index < -0.39 is 0 Å². The van der Waals surface area contributed by atoms with Crippen LogP contribution in [0.5, 0.6) is 0 Å². The number of hydrogen-bond acceptors (Lipinski definition) is 6. The molecule has 0 atom stereocenters. The van der Waals surface area contributed by atoms with E-state index >= 15 is 0 Å². The van der Waals surface area contributed by atoms with Gasteiger partial charge in [-0.05, 0) is 31.6 Å². The zero-order valence-electron chi connectivity index (χ0n) is 15.7. The third-order valence-electron chi connectivity index (χ3n) is 5.06. The van der Waals surface area contributed by atoms with Crippen LogP contribution in [0.25, 0.3) is 0 Å². The Hall–Kier alpha value is -1.62. The molecule has 1 amide bonds. The maximum absolute atomic E-state index is 12.5. The summed E-state index contributed by atoms with van der Waals surface area (Å²) in [5.41, 5.74) is 2.85. The van der Waals surface area contributed by atoms with Crippen LogP contribution in [-0.4, -0.2) is 77.7 Å². The highest BCUT2D eigenvalue weighted by Crippen LogP contribution is 2.26. The highest BCUT2D eigenvalue weighted by Gasteiger charge is 2.22. The van der Waals surface area contributed by atoms with Crippen LogP contribution >= 0.6 is 11.8 Å². The van der Waals surface area contributed by atoms with Crippen LogP contribution in [0.15, 0.2) is 11.1 Å². The lowest BCUT2D eigenvalue weighted by molar-refractivity contribution is -0.129. The van der Waals surface area contributed by atoms with Gasteiger partial charge in [-0.15, -0.1) is 0 Å². The van der Waals surface area contributed by atoms with Crippen molar-refractivity contribution in [1.82, 2.24) is 19.7 Å². The third-order valence-corrected chi connectivity index (χ3v) is 6.04. The van der Waals surface area contributed by atoms with Crippen molar-refractivity contribution >= 4 is 17.7 Å². The van der Waals surface area contributed by atoms with Gasteiger partial charge in [-0.1, -0.05) is 18.7 Å². The van der Waals surface area contributed by atoms with Gasteiger partial charge in [0.25, 0.3) is 0 Å². The maximum Gasteiger partial charge on any atom is 0.233 e. The van der Waals surface area contributed by atoms with E-state index in [0.717, 1.165) is 69.9 Å². The summed E-state index contributed by atoms with van der Waals surface area (Å²) in [6, 6.07) is 4.25. The van der Waals surface area contributed by atoms with Crippen LogP contribution in [0.3, 0.4) is 0 Å². The molecule has 0 aliphatic carbocycles. The van der Waals surface area contributed by atoms with Crippen molar-refractivity contribution in [3.63, 3.8) is 0 Å². The molecule has 2 aliphatic rings. The zero-order valence-corrected chi connectivity index (χ0v) is 16.5. The average Bonchev–Trinajstić information content (AvgIpc) is 2.66. The molecule has 2 aliphatic heterocycles. The summed E-state index contributed by atoms with van der Waals surface area (Å²) in [6.07, 6.45) is 2.05. The quantitative estimate of drug-likeness (QED) is 0.731. The van der Waals surface area contributed by atoms with Gasteiger partial charge < -0.3 is 9.80 Å². The second-order valence-electron chi connectivity index (χ2n) is 7.06. The largest absolute Gasteiger partial charge is 0.339 e. The Labute approximate surface area is 160 Å². The fraction of sp³-hybridized carbons (Fsp3) is 0.632. The number of thioether (sulfide) groups is 1. The average molecular weight is 374 g/mol. The van der Waals surface area contributed by atoms with Crippen molar-refractivity contribution in [2.24, 2.45) is 0 Å². The molecule has 1 fully saturated rings. The van der Waals surface area contributed by atoms with E-state index in [4.69, 9.17) is 4.98 Å². The minimum Gasteiger partial charge on any atom is -0.339 e. The molecule has 0 radical (unpaired) electrons. The second-order valence-corrected chi connectivity index (χ2v) is 8.02. The van der Waals surface area contributed by atoms with Gasteiger partial charge in [-0.25, -0.2) is 4.98 Å². The molecule has 6 nitrogen and oxygen atoms in total. The number of nitrogens with zero attached hydrogens (tertiary/aromatic N) is 5. The molecule has 3 heterocycles. The van der Waals surface area contributed by atoms with Crippen LogP contribution < -0.4 is 0 Å². The number of amides is 1. The number of hydrogen-bond donors (Lipinski definition) is 0. The Kier molecular flexibility index (Phi) is 6.52. The van der Waals surface area contributed by atoms with Gasteiger partial charge >= 0.3 is 0 Å². The van der Waals surface area contributed by atoms with Gasteiger partial charge in [0.2, 0.25) is 5.91 Å². The molecular weight excluding hydrogens is 346 g/mol. The van der Waals surface area contributed by atoms with Gasteiger partial charge in [-0.2, -0.15) is 5.26 Å².